The molecule has 0 radical (unpaired) electrons. The lowest BCUT2D eigenvalue weighted by molar-refractivity contribution is -0.148. The van der Waals surface area contributed by atoms with Gasteiger partial charge in [0.2, 0.25) is 5.91 Å². The van der Waals surface area contributed by atoms with Crippen LogP contribution >= 0.6 is 0 Å². The second-order valence-electron chi connectivity index (χ2n) is 3.92. The maximum absolute atomic E-state index is 11.8. The van der Waals surface area contributed by atoms with Crippen LogP contribution in [0.2, 0.25) is 0 Å². The molecule has 86 valence electrons. The molecule has 0 aromatic rings. The van der Waals surface area contributed by atoms with Crippen LogP contribution in [-0.2, 0) is 9.59 Å². The average Bonchev–Trinajstić information content (AvgIpc) is 2.65. The molecule has 0 aromatic carbocycles. The Kier molecular flexibility index (Phi) is 4.08. The molecule has 1 heterocycles. The van der Waals surface area contributed by atoms with Crippen molar-refractivity contribution in [2.75, 3.05) is 6.54 Å². The number of nitrogens with zero attached hydrogens (tertiary/aromatic N) is 1. The third-order valence-electron chi connectivity index (χ3n) is 2.74. The average molecular weight is 214 g/mol. The van der Waals surface area contributed by atoms with E-state index in [9.17, 15) is 9.59 Å². The molecular weight excluding hydrogens is 196 g/mol. The van der Waals surface area contributed by atoms with Crippen molar-refractivity contribution in [3.8, 4) is 0 Å². The molecule has 2 atom stereocenters. The van der Waals surface area contributed by atoms with Gasteiger partial charge in [-0.3, -0.25) is 4.79 Å². The SMILES string of the molecule is CCCC(N)C(=O)N1CCCC1C(=O)O. The summed E-state index contributed by atoms with van der Waals surface area (Å²) in [5.74, 6) is -1.15. The van der Waals surface area contributed by atoms with Gasteiger partial charge in [0.1, 0.15) is 6.04 Å². The molecule has 15 heavy (non-hydrogen) atoms. The number of hydrogen-bond acceptors (Lipinski definition) is 3. The molecule has 0 spiro atoms. The molecule has 3 N–H and O–H groups in total. The maximum atomic E-state index is 11.8. The summed E-state index contributed by atoms with van der Waals surface area (Å²) in [6, 6.07) is -1.21. The maximum Gasteiger partial charge on any atom is 0.326 e. The van der Waals surface area contributed by atoms with Crippen molar-refractivity contribution < 1.29 is 14.7 Å². The number of likely N-dealkylation sites (tertiary alicyclic amines) is 1. The summed E-state index contributed by atoms with van der Waals surface area (Å²) in [4.78, 5) is 24.1. The number of rotatable bonds is 4. The minimum absolute atomic E-state index is 0.221. The summed E-state index contributed by atoms with van der Waals surface area (Å²) in [6.45, 7) is 2.47. The quantitative estimate of drug-likeness (QED) is 0.699. The van der Waals surface area contributed by atoms with Gasteiger partial charge < -0.3 is 15.7 Å². The normalized spacial score (nSPS) is 22.8. The van der Waals surface area contributed by atoms with E-state index < -0.39 is 18.1 Å². The van der Waals surface area contributed by atoms with Crippen molar-refractivity contribution in [3.63, 3.8) is 0 Å². The van der Waals surface area contributed by atoms with Crippen molar-refractivity contribution in [1.29, 1.82) is 0 Å². The number of amides is 1. The van der Waals surface area contributed by atoms with Crippen LogP contribution in [0.5, 0.6) is 0 Å². The van der Waals surface area contributed by atoms with Crippen LogP contribution < -0.4 is 5.73 Å². The number of carbonyl (C=O) groups is 2. The van der Waals surface area contributed by atoms with Crippen LogP contribution in [0.1, 0.15) is 32.6 Å². The van der Waals surface area contributed by atoms with E-state index in [-0.39, 0.29) is 5.91 Å². The Morgan fingerprint density at radius 1 is 1.60 bits per heavy atom. The van der Waals surface area contributed by atoms with Gasteiger partial charge in [0.15, 0.2) is 0 Å². The molecule has 1 rings (SSSR count). The van der Waals surface area contributed by atoms with Gasteiger partial charge in [0.05, 0.1) is 6.04 Å². The van der Waals surface area contributed by atoms with Gasteiger partial charge in [-0.2, -0.15) is 0 Å². The summed E-state index contributed by atoms with van der Waals surface area (Å²) in [5.41, 5.74) is 5.69. The Bertz CT molecular complexity index is 255. The van der Waals surface area contributed by atoms with Crippen molar-refractivity contribution in [2.24, 2.45) is 5.73 Å². The number of carboxylic acids is 1. The molecular formula is C10H18N2O3. The van der Waals surface area contributed by atoms with Crippen LogP contribution in [0.25, 0.3) is 0 Å². The molecule has 1 fully saturated rings. The molecule has 1 amide bonds. The topological polar surface area (TPSA) is 83.6 Å². The predicted molar refractivity (Wildman–Crippen MR) is 55.3 cm³/mol. The van der Waals surface area contributed by atoms with Gasteiger partial charge in [0, 0.05) is 6.54 Å². The number of aliphatic carboxylic acids is 1. The fourth-order valence-corrected chi connectivity index (χ4v) is 1.93. The fraction of sp³-hybridized carbons (Fsp3) is 0.800. The number of hydrogen-bond donors (Lipinski definition) is 2. The molecule has 0 aromatic heterocycles. The zero-order valence-electron chi connectivity index (χ0n) is 8.98. The first-order valence-corrected chi connectivity index (χ1v) is 5.36. The number of nitrogens with two attached hydrogens (primary N) is 1. The summed E-state index contributed by atoms with van der Waals surface area (Å²) >= 11 is 0. The lowest BCUT2D eigenvalue weighted by Crippen LogP contribution is -2.48. The number of carboxylic acid groups (broad SMARTS) is 1. The second kappa shape index (κ2) is 5.11. The Balaban J connectivity index is 2.62. The van der Waals surface area contributed by atoms with E-state index in [0.717, 1.165) is 12.8 Å². The first kappa shape index (κ1) is 12.0. The highest BCUT2D eigenvalue weighted by Gasteiger charge is 2.35. The second-order valence-corrected chi connectivity index (χ2v) is 3.92. The van der Waals surface area contributed by atoms with E-state index in [1.165, 1.54) is 4.90 Å². The van der Waals surface area contributed by atoms with Gasteiger partial charge >= 0.3 is 5.97 Å². The van der Waals surface area contributed by atoms with Gasteiger partial charge in [-0.1, -0.05) is 13.3 Å². The Hall–Kier alpha value is -1.10. The largest absolute Gasteiger partial charge is 0.480 e. The van der Waals surface area contributed by atoms with Crippen LogP contribution in [0.4, 0.5) is 0 Å². The van der Waals surface area contributed by atoms with Gasteiger partial charge in [-0.15, -0.1) is 0 Å². The van der Waals surface area contributed by atoms with Crippen LogP contribution in [0, 0.1) is 0 Å². The summed E-state index contributed by atoms with van der Waals surface area (Å²) < 4.78 is 0. The van der Waals surface area contributed by atoms with Gasteiger partial charge in [-0.05, 0) is 19.3 Å². The molecule has 2 unspecified atom stereocenters. The van der Waals surface area contributed by atoms with E-state index in [4.69, 9.17) is 10.8 Å². The van der Waals surface area contributed by atoms with Gasteiger partial charge in [0.25, 0.3) is 0 Å². The predicted octanol–water partition coefficient (Wildman–Crippen LogP) is 0.189. The lowest BCUT2D eigenvalue weighted by atomic mass is 10.1. The van der Waals surface area contributed by atoms with Gasteiger partial charge in [-0.25, -0.2) is 4.79 Å². The van der Waals surface area contributed by atoms with Crippen LogP contribution in [-0.4, -0.2) is 40.5 Å². The zero-order chi connectivity index (χ0) is 11.4. The lowest BCUT2D eigenvalue weighted by Gasteiger charge is -2.24. The van der Waals surface area contributed by atoms with Crippen molar-refractivity contribution in [2.45, 2.75) is 44.7 Å². The first-order chi connectivity index (χ1) is 7.07. The zero-order valence-corrected chi connectivity index (χ0v) is 8.98. The van der Waals surface area contributed by atoms with Crippen molar-refractivity contribution in [3.05, 3.63) is 0 Å². The standard InChI is InChI=1S/C10H18N2O3/c1-2-4-7(11)9(13)12-6-3-5-8(12)10(14)15/h7-8H,2-6,11H2,1H3,(H,14,15). The fourth-order valence-electron chi connectivity index (χ4n) is 1.93. The molecule has 5 heteroatoms. The monoisotopic (exact) mass is 214 g/mol. The molecule has 1 aliphatic rings. The summed E-state index contributed by atoms with van der Waals surface area (Å²) in [5, 5.41) is 8.91. The molecule has 5 nitrogen and oxygen atoms in total. The molecule has 0 aliphatic carbocycles. The van der Waals surface area contributed by atoms with Crippen LogP contribution in [0.3, 0.4) is 0 Å². The molecule has 1 aliphatic heterocycles. The third-order valence-corrected chi connectivity index (χ3v) is 2.74. The highest BCUT2D eigenvalue weighted by Crippen LogP contribution is 2.18. The smallest absolute Gasteiger partial charge is 0.326 e. The van der Waals surface area contributed by atoms with E-state index in [1.807, 2.05) is 6.92 Å². The third kappa shape index (κ3) is 2.68. The number of carbonyl (C=O) groups excluding carboxylic acids is 1. The van der Waals surface area contributed by atoms with E-state index >= 15 is 0 Å². The summed E-state index contributed by atoms with van der Waals surface area (Å²) in [7, 11) is 0. The molecule has 0 bridgehead atoms. The molecule has 1 saturated heterocycles. The summed E-state index contributed by atoms with van der Waals surface area (Å²) in [6.07, 6.45) is 2.74. The Labute approximate surface area is 89.2 Å². The van der Waals surface area contributed by atoms with Crippen LogP contribution in [0.15, 0.2) is 0 Å². The first-order valence-electron chi connectivity index (χ1n) is 5.36. The van der Waals surface area contributed by atoms with E-state index in [1.54, 1.807) is 0 Å². The molecule has 0 saturated carbocycles. The van der Waals surface area contributed by atoms with E-state index in [0.29, 0.717) is 19.4 Å². The van der Waals surface area contributed by atoms with Crippen molar-refractivity contribution in [1.82, 2.24) is 4.90 Å². The van der Waals surface area contributed by atoms with Crippen molar-refractivity contribution >= 4 is 11.9 Å². The highest BCUT2D eigenvalue weighted by atomic mass is 16.4. The minimum atomic E-state index is -0.926. The Morgan fingerprint density at radius 3 is 2.80 bits per heavy atom. The minimum Gasteiger partial charge on any atom is -0.480 e. The highest BCUT2D eigenvalue weighted by molar-refractivity contribution is 5.87. The van der Waals surface area contributed by atoms with E-state index in [2.05, 4.69) is 0 Å². The Morgan fingerprint density at radius 2 is 2.27 bits per heavy atom.